The molecule has 0 saturated carbocycles. The summed E-state index contributed by atoms with van der Waals surface area (Å²) in [7, 11) is 3.13. The van der Waals surface area contributed by atoms with Gasteiger partial charge in [-0.2, -0.15) is 0 Å². The molecule has 26 heavy (non-hydrogen) atoms. The predicted octanol–water partition coefficient (Wildman–Crippen LogP) is 3.82. The first-order valence-corrected chi connectivity index (χ1v) is 8.30. The first kappa shape index (κ1) is 18.0. The zero-order valence-corrected chi connectivity index (χ0v) is 15.2. The molecule has 1 aromatic rings. The Kier molecular flexibility index (Phi) is 5.00. The van der Waals surface area contributed by atoms with Gasteiger partial charge in [-0.1, -0.05) is 18.2 Å². The van der Waals surface area contributed by atoms with Gasteiger partial charge in [-0.3, -0.25) is 4.79 Å². The number of ketones is 1. The maximum Gasteiger partial charge on any atom is 0.231 e. The van der Waals surface area contributed by atoms with Crippen molar-refractivity contribution in [2.75, 3.05) is 21.0 Å². The molecule has 0 spiro atoms. The van der Waals surface area contributed by atoms with E-state index in [1.54, 1.807) is 13.2 Å². The summed E-state index contributed by atoms with van der Waals surface area (Å²) in [5.74, 6) is 1.80. The summed E-state index contributed by atoms with van der Waals surface area (Å²) in [6, 6.07) is 5.73. The lowest BCUT2D eigenvalue weighted by Crippen LogP contribution is -2.37. The molecule has 1 aliphatic carbocycles. The van der Waals surface area contributed by atoms with Crippen LogP contribution in [0.2, 0.25) is 0 Å². The number of ether oxygens (including phenoxy) is 4. The van der Waals surface area contributed by atoms with Crippen molar-refractivity contribution in [2.24, 2.45) is 0 Å². The molecule has 0 N–H and O–H groups in total. The lowest BCUT2D eigenvalue weighted by molar-refractivity contribution is -0.112. The highest BCUT2D eigenvalue weighted by molar-refractivity contribution is 6.06. The lowest BCUT2D eigenvalue weighted by atomic mass is 9.82. The second-order valence-electron chi connectivity index (χ2n) is 6.12. The maximum atomic E-state index is 12.3. The molecule has 5 heteroatoms. The highest BCUT2D eigenvalue weighted by Gasteiger charge is 2.40. The number of benzene rings is 1. The van der Waals surface area contributed by atoms with Crippen LogP contribution in [0.15, 0.2) is 59.9 Å². The molecular weight excluding hydrogens is 332 g/mol. The highest BCUT2D eigenvalue weighted by atomic mass is 16.7. The number of carbonyl (C=O) groups excluding carboxylic acids is 1. The molecule has 0 aromatic heterocycles. The molecule has 0 unspecified atom stereocenters. The minimum absolute atomic E-state index is 0.0923. The average Bonchev–Trinajstić information content (AvgIpc) is 3.11. The minimum atomic E-state index is -0.947. The summed E-state index contributed by atoms with van der Waals surface area (Å²) < 4.78 is 22.1. The third-order valence-corrected chi connectivity index (χ3v) is 4.59. The van der Waals surface area contributed by atoms with Gasteiger partial charge in [0.15, 0.2) is 22.9 Å². The summed E-state index contributed by atoms with van der Waals surface area (Å²) in [4.78, 5) is 12.3. The molecule has 5 nitrogen and oxygen atoms in total. The van der Waals surface area contributed by atoms with Gasteiger partial charge in [0.25, 0.3) is 0 Å². The van der Waals surface area contributed by atoms with Crippen LogP contribution in [0.4, 0.5) is 0 Å². The Labute approximate surface area is 153 Å². The zero-order valence-electron chi connectivity index (χ0n) is 15.2. The van der Waals surface area contributed by atoms with Crippen molar-refractivity contribution >= 4 is 11.9 Å². The van der Waals surface area contributed by atoms with Crippen LogP contribution in [0.25, 0.3) is 6.08 Å². The summed E-state index contributed by atoms with van der Waals surface area (Å²) in [5, 5.41) is 0. The van der Waals surface area contributed by atoms with E-state index in [2.05, 4.69) is 6.58 Å². The molecule has 0 saturated heterocycles. The normalized spacial score (nSPS) is 22.0. The molecule has 0 amide bonds. The standard InChI is InChI=1S/C21H22O5/c1-5-6-16-12-21(24-4,20(23-3)11-17(16)22)14(2)9-15-7-8-18-19(10-15)26-13-25-18/h5,7-12H,1,6,13H2,2-4H3/t21-/m1/s1. The van der Waals surface area contributed by atoms with Crippen LogP contribution >= 0.6 is 0 Å². The van der Waals surface area contributed by atoms with Gasteiger partial charge in [0.1, 0.15) is 5.76 Å². The molecule has 136 valence electrons. The molecule has 1 heterocycles. The number of carbonyl (C=O) groups is 1. The molecule has 1 aromatic carbocycles. The average molecular weight is 354 g/mol. The monoisotopic (exact) mass is 354 g/mol. The van der Waals surface area contributed by atoms with Crippen molar-refractivity contribution in [1.29, 1.82) is 0 Å². The van der Waals surface area contributed by atoms with Gasteiger partial charge in [0.2, 0.25) is 6.79 Å². The molecule has 0 fully saturated rings. The summed E-state index contributed by atoms with van der Waals surface area (Å²) in [5.41, 5.74) is 1.49. The molecule has 3 rings (SSSR count). The number of hydrogen-bond acceptors (Lipinski definition) is 5. The molecule has 0 bridgehead atoms. The van der Waals surface area contributed by atoms with Crippen LogP contribution in [-0.2, 0) is 14.3 Å². The third kappa shape index (κ3) is 3.06. The maximum absolute atomic E-state index is 12.3. The van der Waals surface area contributed by atoms with Crippen molar-refractivity contribution in [1.82, 2.24) is 0 Å². The number of methoxy groups -OCH3 is 2. The van der Waals surface area contributed by atoms with Crippen molar-refractivity contribution in [3.05, 3.63) is 65.5 Å². The molecule has 1 atom stereocenters. The van der Waals surface area contributed by atoms with Crippen LogP contribution in [0, 0.1) is 0 Å². The van der Waals surface area contributed by atoms with Gasteiger partial charge in [-0.25, -0.2) is 0 Å². The Morgan fingerprint density at radius 2 is 2.08 bits per heavy atom. The fraction of sp³-hybridized carbons (Fsp3) is 0.286. The van der Waals surface area contributed by atoms with Crippen LogP contribution in [0.3, 0.4) is 0 Å². The zero-order chi connectivity index (χ0) is 18.7. The van der Waals surface area contributed by atoms with Crippen LogP contribution in [0.1, 0.15) is 18.9 Å². The number of fused-ring (bicyclic) bond motifs is 1. The van der Waals surface area contributed by atoms with E-state index < -0.39 is 5.60 Å². The smallest absolute Gasteiger partial charge is 0.231 e. The highest BCUT2D eigenvalue weighted by Crippen LogP contribution is 2.39. The number of hydrogen-bond donors (Lipinski definition) is 0. The van der Waals surface area contributed by atoms with Gasteiger partial charge in [-0.05, 0) is 42.7 Å². The third-order valence-electron chi connectivity index (χ3n) is 4.59. The first-order chi connectivity index (χ1) is 12.5. The van der Waals surface area contributed by atoms with E-state index in [0.717, 1.165) is 16.9 Å². The van der Waals surface area contributed by atoms with Crippen molar-refractivity contribution in [3.63, 3.8) is 0 Å². The van der Waals surface area contributed by atoms with Gasteiger partial charge < -0.3 is 18.9 Å². The Hall–Kier alpha value is -2.79. The van der Waals surface area contributed by atoms with E-state index in [1.165, 1.54) is 13.2 Å². The van der Waals surface area contributed by atoms with Gasteiger partial charge in [0, 0.05) is 18.8 Å². The van der Waals surface area contributed by atoms with E-state index in [4.69, 9.17) is 18.9 Å². The van der Waals surface area contributed by atoms with Gasteiger partial charge in [-0.15, -0.1) is 6.58 Å². The lowest BCUT2D eigenvalue weighted by Gasteiger charge is -2.35. The molecule has 1 aliphatic heterocycles. The van der Waals surface area contributed by atoms with E-state index in [-0.39, 0.29) is 12.6 Å². The summed E-state index contributed by atoms with van der Waals surface area (Å²) >= 11 is 0. The van der Waals surface area contributed by atoms with E-state index >= 15 is 0 Å². The van der Waals surface area contributed by atoms with Crippen LogP contribution in [0.5, 0.6) is 11.5 Å². The Bertz CT molecular complexity index is 831. The van der Waals surface area contributed by atoms with Crippen LogP contribution < -0.4 is 9.47 Å². The van der Waals surface area contributed by atoms with E-state index in [9.17, 15) is 4.79 Å². The topological polar surface area (TPSA) is 54.0 Å². The minimum Gasteiger partial charge on any atom is -0.497 e. The fourth-order valence-electron chi connectivity index (χ4n) is 3.22. The fourth-order valence-corrected chi connectivity index (χ4v) is 3.22. The molecular formula is C21H22O5. The van der Waals surface area contributed by atoms with E-state index in [0.29, 0.717) is 23.5 Å². The van der Waals surface area contributed by atoms with Crippen molar-refractivity contribution < 1.29 is 23.7 Å². The van der Waals surface area contributed by atoms with Crippen molar-refractivity contribution in [3.8, 4) is 11.5 Å². The SMILES string of the molecule is C=CCC1=C[C@@](OC)(C(C)=Cc2ccc3c(c2)OCO3)C(OC)=CC1=O. The summed E-state index contributed by atoms with van der Waals surface area (Å²) in [6.45, 7) is 5.90. The van der Waals surface area contributed by atoms with Gasteiger partial charge >= 0.3 is 0 Å². The Balaban J connectivity index is 2.05. The predicted molar refractivity (Wildman–Crippen MR) is 99.0 cm³/mol. The quantitative estimate of drug-likeness (QED) is 0.727. The number of allylic oxidation sites excluding steroid dienone is 3. The van der Waals surface area contributed by atoms with Gasteiger partial charge in [0.05, 0.1) is 7.11 Å². The van der Waals surface area contributed by atoms with Crippen LogP contribution in [-0.4, -0.2) is 32.4 Å². The van der Waals surface area contributed by atoms with E-state index in [1.807, 2.05) is 37.3 Å². The largest absolute Gasteiger partial charge is 0.497 e. The molecule has 0 radical (unpaired) electrons. The second kappa shape index (κ2) is 7.22. The van der Waals surface area contributed by atoms with Crippen molar-refractivity contribution in [2.45, 2.75) is 18.9 Å². The summed E-state index contributed by atoms with van der Waals surface area (Å²) in [6.07, 6.45) is 7.45. The Morgan fingerprint density at radius 3 is 2.77 bits per heavy atom. The number of rotatable bonds is 6. The molecule has 2 aliphatic rings. The second-order valence-corrected chi connectivity index (χ2v) is 6.12. The Morgan fingerprint density at radius 1 is 1.31 bits per heavy atom. The first-order valence-electron chi connectivity index (χ1n) is 8.30.